The van der Waals surface area contributed by atoms with E-state index < -0.39 is 0 Å². The molecular weight excluding hydrogens is 394 g/mol. The van der Waals surface area contributed by atoms with Gasteiger partial charge in [0.1, 0.15) is 0 Å². The van der Waals surface area contributed by atoms with Crippen molar-refractivity contribution < 1.29 is 0 Å². The first-order chi connectivity index (χ1) is 10.1. The minimum atomic E-state index is 0.110. The summed E-state index contributed by atoms with van der Waals surface area (Å²) in [5.74, 6) is 0.555. The lowest BCUT2D eigenvalue weighted by Crippen LogP contribution is -2.36. The minimum Gasteiger partial charge on any atom is -0.369 e. The molecule has 108 valence electrons. The Morgan fingerprint density at radius 3 is 2.62 bits per heavy atom. The summed E-state index contributed by atoms with van der Waals surface area (Å²) in [7, 11) is 0. The zero-order chi connectivity index (χ0) is 15.0. The van der Waals surface area contributed by atoms with Gasteiger partial charge in [0.15, 0.2) is 5.96 Å². The maximum atomic E-state index is 6.13. The Labute approximate surface area is 141 Å². The van der Waals surface area contributed by atoms with Gasteiger partial charge in [-0.05, 0) is 52.2 Å². The van der Waals surface area contributed by atoms with Crippen LogP contribution in [0.15, 0.2) is 56.4 Å². The van der Waals surface area contributed by atoms with Gasteiger partial charge < -0.3 is 10.6 Å². The van der Waals surface area contributed by atoms with Crippen molar-refractivity contribution in [2.24, 2.45) is 10.7 Å². The summed E-state index contributed by atoms with van der Waals surface area (Å²) in [5.41, 5.74) is 9.59. The second-order valence-corrected chi connectivity index (χ2v) is 6.77. The third kappa shape index (κ3) is 2.72. The Bertz CT molecular complexity index is 712. The van der Waals surface area contributed by atoms with Crippen molar-refractivity contribution in [2.45, 2.75) is 13.0 Å². The zero-order valence-electron chi connectivity index (χ0n) is 11.6. The molecule has 0 bridgehead atoms. The van der Waals surface area contributed by atoms with E-state index in [0.29, 0.717) is 12.5 Å². The maximum Gasteiger partial charge on any atom is 0.196 e. The fraction of sp³-hybridized carbons (Fsp3) is 0.188. The van der Waals surface area contributed by atoms with Gasteiger partial charge in [0.2, 0.25) is 0 Å². The predicted octanol–water partition coefficient (Wildman–Crippen LogP) is 4.40. The Kier molecular flexibility index (Phi) is 4.04. The number of halogens is 2. The van der Waals surface area contributed by atoms with E-state index in [1.54, 1.807) is 0 Å². The highest BCUT2D eigenvalue weighted by molar-refractivity contribution is 9.11. The number of benzene rings is 2. The monoisotopic (exact) mass is 407 g/mol. The van der Waals surface area contributed by atoms with Gasteiger partial charge in [-0.15, -0.1) is 0 Å². The molecule has 1 unspecified atom stereocenters. The van der Waals surface area contributed by atoms with Crippen LogP contribution in [0, 0.1) is 6.92 Å². The normalized spacial score (nSPS) is 18.0. The van der Waals surface area contributed by atoms with E-state index in [2.05, 4.69) is 66.9 Å². The molecule has 3 nitrogen and oxygen atoms in total. The molecule has 3 rings (SSSR count). The summed E-state index contributed by atoms with van der Waals surface area (Å²) < 4.78 is 2.10. The van der Waals surface area contributed by atoms with Crippen LogP contribution in [0.25, 0.3) is 0 Å². The molecule has 0 radical (unpaired) electrons. The van der Waals surface area contributed by atoms with Gasteiger partial charge in [-0.2, -0.15) is 0 Å². The fourth-order valence-electron chi connectivity index (χ4n) is 2.58. The van der Waals surface area contributed by atoms with Crippen LogP contribution in [-0.4, -0.2) is 12.5 Å². The van der Waals surface area contributed by atoms with Gasteiger partial charge in [0.25, 0.3) is 0 Å². The van der Waals surface area contributed by atoms with Crippen LogP contribution in [0.1, 0.15) is 17.2 Å². The number of anilines is 1. The van der Waals surface area contributed by atoms with Gasteiger partial charge in [0.05, 0.1) is 18.3 Å². The lowest BCUT2D eigenvalue weighted by molar-refractivity contribution is 0.763. The smallest absolute Gasteiger partial charge is 0.196 e. The maximum absolute atomic E-state index is 6.13. The summed E-state index contributed by atoms with van der Waals surface area (Å²) in [6.07, 6.45) is 0. The number of hydrogen-bond acceptors (Lipinski definition) is 3. The average molecular weight is 409 g/mol. The number of nitrogens with zero attached hydrogens (tertiary/aromatic N) is 2. The number of guanidine groups is 1. The molecule has 0 fully saturated rings. The van der Waals surface area contributed by atoms with Gasteiger partial charge in [0, 0.05) is 8.95 Å². The van der Waals surface area contributed by atoms with Crippen molar-refractivity contribution in [1.82, 2.24) is 0 Å². The number of hydrogen-bond donors (Lipinski definition) is 1. The first-order valence-electron chi connectivity index (χ1n) is 6.67. The largest absolute Gasteiger partial charge is 0.369 e. The molecule has 2 aromatic carbocycles. The van der Waals surface area contributed by atoms with Crippen LogP contribution in [0.5, 0.6) is 0 Å². The molecule has 0 aromatic heterocycles. The standard InChI is InChI=1S/C16H15Br2N3/c1-10-6-7-11(13(18)8-10)15-9-20-16(19)21(15)14-5-3-2-4-12(14)17/h2-8,15H,9H2,1H3,(H2,19,20). The highest BCUT2D eigenvalue weighted by atomic mass is 79.9. The van der Waals surface area contributed by atoms with Crippen molar-refractivity contribution in [3.8, 4) is 0 Å². The number of rotatable bonds is 2. The predicted molar refractivity (Wildman–Crippen MR) is 94.7 cm³/mol. The van der Waals surface area contributed by atoms with E-state index in [1.807, 2.05) is 24.3 Å². The Morgan fingerprint density at radius 1 is 1.14 bits per heavy atom. The van der Waals surface area contributed by atoms with E-state index in [1.165, 1.54) is 11.1 Å². The lowest BCUT2D eigenvalue weighted by Gasteiger charge is -2.28. The number of para-hydroxylation sites is 1. The van der Waals surface area contributed by atoms with Crippen LogP contribution in [0.4, 0.5) is 5.69 Å². The van der Waals surface area contributed by atoms with E-state index in [0.717, 1.165) is 14.6 Å². The molecule has 1 aliphatic heterocycles. The Morgan fingerprint density at radius 2 is 1.90 bits per heavy atom. The lowest BCUT2D eigenvalue weighted by atomic mass is 10.0. The van der Waals surface area contributed by atoms with Crippen molar-refractivity contribution in [2.75, 3.05) is 11.4 Å². The van der Waals surface area contributed by atoms with Crippen molar-refractivity contribution in [1.29, 1.82) is 0 Å². The quantitative estimate of drug-likeness (QED) is 0.800. The third-order valence-corrected chi connectivity index (χ3v) is 4.97. The van der Waals surface area contributed by atoms with Crippen molar-refractivity contribution in [3.63, 3.8) is 0 Å². The zero-order valence-corrected chi connectivity index (χ0v) is 14.7. The highest BCUT2D eigenvalue weighted by Gasteiger charge is 2.31. The van der Waals surface area contributed by atoms with Gasteiger partial charge in [-0.1, -0.05) is 40.2 Å². The topological polar surface area (TPSA) is 41.6 Å². The summed E-state index contributed by atoms with van der Waals surface area (Å²) in [6, 6.07) is 14.6. The molecule has 2 aromatic rings. The molecule has 2 N–H and O–H groups in total. The number of aryl methyl sites for hydroxylation is 1. The number of aliphatic imine (C=N–C) groups is 1. The molecule has 0 spiro atoms. The summed E-state index contributed by atoms with van der Waals surface area (Å²) in [6.45, 7) is 2.74. The fourth-order valence-corrected chi connectivity index (χ4v) is 3.81. The molecule has 5 heteroatoms. The molecule has 0 amide bonds. The molecule has 0 saturated heterocycles. The Balaban J connectivity index is 2.05. The molecule has 1 atom stereocenters. The summed E-state index contributed by atoms with van der Waals surface area (Å²) in [5, 5.41) is 0. The van der Waals surface area contributed by atoms with Gasteiger partial charge >= 0.3 is 0 Å². The van der Waals surface area contributed by atoms with Crippen molar-refractivity contribution in [3.05, 3.63) is 62.5 Å². The van der Waals surface area contributed by atoms with Crippen LogP contribution >= 0.6 is 31.9 Å². The molecule has 0 saturated carbocycles. The molecule has 0 aliphatic carbocycles. The van der Waals surface area contributed by atoms with Gasteiger partial charge in [-0.25, -0.2) is 0 Å². The molecule has 1 heterocycles. The van der Waals surface area contributed by atoms with Gasteiger partial charge in [-0.3, -0.25) is 4.99 Å². The van der Waals surface area contributed by atoms with Crippen LogP contribution in [0.3, 0.4) is 0 Å². The van der Waals surface area contributed by atoms with Crippen molar-refractivity contribution >= 4 is 43.5 Å². The number of nitrogens with two attached hydrogens (primary N) is 1. The highest BCUT2D eigenvalue weighted by Crippen LogP contribution is 2.38. The van der Waals surface area contributed by atoms with E-state index in [9.17, 15) is 0 Å². The molecule has 1 aliphatic rings. The average Bonchev–Trinajstić information content (AvgIpc) is 2.81. The second kappa shape index (κ2) is 5.81. The van der Waals surface area contributed by atoms with E-state index in [-0.39, 0.29) is 6.04 Å². The van der Waals surface area contributed by atoms with Crippen LogP contribution in [0.2, 0.25) is 0 Å². The first kappa shape index (κ1) is 14.6. The van der Waals surface area contributed by atoms with E-state index >= 15 is 0 Å². The second-order valence-electron chi connectivity index (χ2n) is 5.06. The van der Waals surface area contributed by atoms with Crippen LogP contribution < -0.4 is 10.6 Å². The first-order valence-corrected chi connectivity index (χ1v) is 8.26. The summed E-state index contributed by atoms with van der Waals surface area (Å²) >= 11 is 7.27. The minimum absolute atomic E-state index is 0.110. The SMILES string of the molecule is Cc1ccc(C2CN=C(N)N2c2ccccc2Br)c(Br)c1. The van der Waals surface area contributed by atoms with Crippen LogP contribution in [-0.2, 0) is 0 Å². The Hall–Kier alpha value is -1.33. The van der Waals surface area contributed by atoms with E-state index in [4.69, 9.17) is 5.73 Å². The third-order valence-electron chi connectivity index (χ3n) is 3.61. The summed E-state index contributed by atoms with van der Waals surface area (Å²) in [4.78, 5) is 6.52. The molecule has 21 heavy (non-hydrogen) atoms. The molecular formula is C16H15Br2N3.